The predicted molar refractivity (Wildman–Crippen MR) is 113 cm³/mol. The average molecular weight is 351 g/mol. The summed E-state index contributed by atoms with van der Waals surface area (Å²) in [5.74, 6) is 0. The highest BCUT2D eigenvalue weighted by Crippen LogP contribution is 2.36. The van der Waals surface area contributed by atoms with Crippen LogP contribution in [0.15, 0.2) is 36.5 Å². The number of hydrogen-bond acceptors (Lipinski definition) is 1. The average Bonchev–Trinajstić information content (AvgIpc) is 2.50. The largest absolute Gasteiger partial charge is 0.417 e. The molecule has 0 spiro atoms. The Morgan fingerprint density at radius 2 is 1.29 bits per heavy atom. The van der Waals surface area contributed by atoms with E-state index in [0.29, 0.717) is 5.04 Å². The van der Waals surface area contributed by atoms with Crippen LogP contribution >= 0.6 is 0 Å². The van der Waals surface area contributed by atoms with Gasteiger partial charge < -0.3 is 4.43 Å². The summed E-state index contributed by atoms with van der Waals surface area (Å²) >= 11 is 0. The van der Waals surface area contributed by atoms with Gasteiger partial charge in [-0.2, -0.15) is 0 Å². The van der Waals surface area contributed by atoms with Crippen molar-refractivity contribution in [2.24, 2.45) is 0 Å². The second-order valence-electron chi connectivity index (χ2n) is 8.15. The molecule has 2 heteroatoms. The van der Waals surface area contributed by atoms with Crippen molar-refractivity contribution in [3.05, 3.63) is 36.5 Å². The molecule has 1 nitrogen and oxygen atoms in total. The van der Waals surface area contributed by atoms with Gasteiger partial charge in [0.2, 0.25) is 0 Å². The molecule has 24 heavy (non-hydrogen) atoms. The molecule has 0 rings (SSSR count). The van der Waals surface area contributed by atoms with E-state index < -0.39 is 8.32 Å². The zero-order valence-corrected chi connectivity index (χ0v) is 18.2. The third kappa shape index (κ3) is 12.8. The van der Waals surface area contributed by atoms with Crippen LogP contribution in [0.25, 0.3) is 0 Å². The Balaban J connectivity index is 3.59. The molecule has 0 saturated carbocycles. The molecule has 0 heterocycles. The molecule has 0 aliphatic heterocycles. The smallest absolute Gasteiger partial charge is 0.191 e. The van der Waals surface area contributed by atoms with Gasteiger partial charge in [-0.1, -0.05) is 77.0 Å². The van der Waals surface area contributed by atoms with E-state index in [9.17, 15) is 0 Å². The molecule has 0 bridgehead atoms. The molecule has 0 aromatic heterocycles. The van der Waals surface area contributed by atoms with E-state index in [4.69, 9.17) is 4.43 Å². The van der Waals surface area contributed by atoms with Crippen LogP contribution in [0.4, 0.5) is 0 Å². The van der Waals surface area contributed by atoms with Gasteiger partial charge in [0.25, 0.3) is 0 Å². The van der Waals surface area contributed by atoms with Gasteiger partial charge in [0.05, 0.1) is 0 Å². The van der Waals surface area contributed by atoms with Crippen LogP contribution < -0.4 is 0 Å². The van der Waals surface area contributed by atoms with E-state index in [2.05, 4.69) is 77.2 Å². The van der Waals surface area contributed by atoms with Crippen molar-refractivity contribution in [1.29, 1.82) is 0 Å². The summed E-state index contributed by atoms with van der Waals surface area (Å²) in [7, 11) is -1.55. The predicted octanol–water partition coefficient (Wildman–Crippen LogP) is 7.82. The second-order valence-corrected chi connectivity index (χ2v) is 13.0. The fourth-order valence-electron chi connectivity index (χ4n) is 2.03. The highest BCUT2D eigenvalue weighted by Gasteiger charge is 2.36. The summed E-state index contributed by atoms with van der Waals surface area (Å²) in [6, 6.07) is 0. The van der Waals surface area contributed by atoms with Gasteiger partial charge in [-0.15, -0.1) is 0 Å². The molecule has 0 unspecified atom stereocenters. The number of hydrogen-bond donors (Lipinski definition) is 0. The maximum atomic E-state index is 6.18. The van der Waals surface area contributed by atoms with Gasteiger partial charge in [0.1, 0.15) is 0 Å². The van der Waals surface area contributed by atoms with Crippen LogP contribution in [0.1, 0.15) is 79.1 Å². The SMILES string of the molecule is CCCCC/C=C\CC/C=C\C=C\CCCO[Si](C)(C)C(C)(C)C. The Hall–Kier alpha value is -0.603. The molecule has 0 N–H and O–H groups in total. The van der Waals surface area contributed by atoms with Gasteiger partial charge in [-0.3, -0.25) is 0 Å². The standard InChI is InChI=1S/C22H42OSi/c1-7-8-9-10-11-12-13-14-15-16-17-18-19-20-21-23-24(5,6)22(2,3)4/h11-12,15-18H,7-10,13-14,19-21H2,1-6H3/b12-11-,16-15-,18-17+. The van der Waals surface area contributed by atoms with Gasteiger partial charge >= 0.3 is 0 Å². The second kappa shape index (κ2) is 13.7. The summed E-state index contributed by atoms with van der Waals surface area (Å²) in [5, 5.41) is 0.316. The molecule has 0 aromatic carbocycles. The molecular formula is C22H42OSi. The summed E-state index contributed by atoms with van der Waals surface area (Å²) in [6.07, 6.45) is 23.3. The molecule has 140 valence electrons. The molecular weight excluding hydrogens is 308 g/mol. The Morgan fingerprint density at radius 3 is 1.92 bits per heavy atom. The molecule has 0 aromatic rings. The maximum Gasteiger partial charge on any atom is 0.191 e. The molecule has 0 amide bonds. The lowest BCUT2D eigenvalue weighted by Crippen LogP contribution is -2.40. The first kappa shape index (κ1) is 23.4. The van der Waals surface area contributed by atoms with Gasteiger partial charge in [-0.25, -0.2) is 0 Å². The van der Waals surface area contributed by atoms with Crippen LogP contribution in [0.2, 0.25) is 18.1 Å². The van der Waals surface area contributed by atoms with Crippen LogP contribution in [0.5, 0.6) is 0 Å². The lowest BCUT2D eigenvalue weighted by atomic mass is 10.2. The van der Waals surface area contributed by atoms with Crippen LogP contribution in [-0.2, 0) is 4.43 Å². The van der Waals surface area contributed by atoms with Gasteiger partial charge in [0.15, 0.2) is 8.32 Å². The third-order valence-electron chi connectivity index (χ3n) is 4.81. The molecule has 0 aliphatic carbocycles. The van der Waals surface area contributed by atoms with E-state index in [-0.39, 0.29) is 0 Å². The van der Waals surface area contributed by atoms with E-state index in [1.807, 2.05) is 0 Å². The minimum Gasteiger partial charge on any atom is -0.417 e. The maximum absolute atomic E-state index is 6.18. The van der Waals surface area contributed by atoms with Crippen molar-refractivity contribution in [2.75, 3.05) is 6.61 Å². The van der Waals surface area contributed by atoms with Crippen molar-refractivity contribution in [3.8, 4) is 0 Å². The summed E-state index contributed by atoms with van der Waals surface area (Å²) in [4.78, 5) is 0. The van der Waals surface area contributed by atoms with Crippen molar-refractivity contribution in [1.82, 2.24) is 0 Å². The Kier molecular flexibility index (Phi) is 13.3. The lowest BCUT2D eigenvalue weighted by molar-refractivity contribution is 0.283. The number of unbranched alkanes of at least 4 members (excludes halogenated alkanes) is 5. The van der Waals surface area contributed by atoms with Crippen molar-refractivity contribution < 1.29 is 4.43 Å². The van der Waals surface area contributed by atoms with E-state index in [0.717, 1.165) is 32.3 Å². The van der Waals surface area contributed by atoms with Crippen molar-refractivity contribution >= 4 is 8.32 Å². The normalized spacial score (nSPS) is 13.8. The van der Waals surface area contributed by atoms with Crippen LogP contribution in [-0.4, -0.2) is 14.9 Å². The Labute approximate surface area is 153 Å². The van der Waals surface area contributed by atoms with E-state index >= 15 is 0 Å². The first-order valence-corrected chi connectivity index (χ1v) is 12.8. The van der Waals surface area contributed by atoms with Crippen LogP contribution in [0, 0.1) is 0 Å². The Morgan fingerprint density at radius 1 is 0.750 bits per heavy atom. The van der Waals surface area contributed by atoms with Crippen molar-refractivity contribution in [2.45, 2.75) is 97.2 Å². The lowest BCUT2D eigenvalue weighted by Gasteiger charge is -2.36. The molecule has 0 saturated heterocycles. The van der Waals surface area contributed by atoms with E-state index in [1.54, 1.807) is 0 Å². The monoisotopic (exact) mass is 350 g/mol. The third-order valence-corrected chi connectivity index (χ3v) is 9.35. The van der Waals surface area contributed by atoms with Gasteiger partial charge in [-0.05, 0) is 56.7 Å². The zero-order chi connectivity index (χ0) is 18.3. The first-order valence-electron chi connectivity index (χ1n) is 9.92. The topological polar surface area (TPSA) is 9.23 Å². The summed E-state index contributed by atoms with van der Waals surface area (Å²) < 4.78 is 6.18. The minimum atomic E-state index is -1.55. The van der Waals surface area contributed by atoms with E-state index in [1.165, 1.54) is 25.7 Å². The molecule has 0 atom stereocenters. The Bertz CT molecular complexity index is 372. The summed E-state index contributed by atoms with van der Waals surface area (Å²) in [6.45, 7) is 14.7. The van der Waals surface area contributed by atoms with Crippen molar-refractivity contribution in [3.63, 3.8) is 0 Å². The fraction of sp³-hybridized carbons (Fsp3) is 0.727. The summed E-state index contributed by atoms with van der Waals surface area (Å²) in [5.41, 5.74) is 0. The molecule has 0 radical (unpaired) electrons. The fourth-order valence-corrected chi connectivity index (χ4v) is 3.12. The van der Waals surface area contributed by atoms with Gasteiger partial charge in [0, 0.05) is 6.61 Å². The molecule has 0 aliphatic rings. The minimum absolute atomic E-state index is 0.316. The highest BCUT2D eigenvalue weighted by atomic mass is 28.4. The molecule has 0 fully saturated rings. The quantitative estimate of drug-likeness (QED) is 0.142. The zero-order valence-electron chi connectivity index (χ0n) is 17.2. The number of rotatable bonds is 13. The number of allylic oxidation sites excluding steroid dienone is 6. The highest BCUT2D eigenvalue weighted by molar-refractivity contribution is 6.74. The van der Waals surface area contributed by atoms with Crippen LogP contribution in [0.3, 0.4) is 0 Å². The first-order chi connectivity index (χ1) is 11.3.